The Bertz CT molecular complexity index is 853. The van der Waals surface area contributed by atoms with Crippen LogP contribution in [0.5, 0.6) is 0 Å². The maximum absolute atomic E-state index is 12.7. The van der Waals surface area contributed by atoms with Crippen LogP contribution in [0.4, 0.5) is 10.5 Å². The number of hydrogen-bond donors (Lipinski definition) is 2. The van der Waals surface area contributed by atoms with Crippen LogP contribution < -0.4 is 10.0 Å². The lowest BCUT2D eigenvalue weighted by molar-refractivity contribution is 0.193. The molecule has 7 heteroatoms. The van der Waals surface area contributed by atoms with Gasteiger partial charge in [-0.3, -0.25) is 0 Å². The first-order valence-corrected chi connectivity index (χ1v) is 13.1. The molecular formula is C24H39N3O3S. The summed E-state index contributed by atoms with van der Waals surface area (Å²) in [7, 11) is -3.37. The van der Waals surface area contributed by atoms with E-state index in [9.17, 15) is 13.2 Å². The third kappa shape index (κ3) is 5.80. The predicted molar refractivity (Wildman–Crippen MR) is 127 cm³/mol. The number of carbonyl (C=O) groups excluding carboxylic acids is 1. The van der Waals surface area contributed by atoms with E-state index < -0.39 is 14.8 Å². The Morgan fingerprint density at radius 1 is 1.00 bits per heavy atom. The number of hydrogen-bond acceptors (Lipinski definition) is 3. The smallest absolute Gasteiger partial charge is 0.321 e. The number of nitrogens with zero attached hydrogens (tertiary/aromatic N) is 1. The Balaban J connectivity index is 1.51. The Hall–Kier alpha value is -1.60. The molecule has 1 saturated carbocycles. The van der Waals surface area contributed by atoms with Gasteiger partial charge in [0.2, 0.25) is 10.0 Å². The quantitative estimate of drug-likeness (QED) is 0.683. The molecule has 3 atom stereocenters. The fourth-order valence-corrected chi connectivity index (χ4v) is 5.69. The van der Waals surface area contributed by atoms with Gasteiger partial charge in [-0.05, 0) is 75.5 Å². The molecule has 1 aliphatic carbocycles. The van der Waals surface area contributed by atoms with E-state index in [2.05, 4.69) is 36.0 Å². The van der Waals surface area contributed by atoms with Gasteiger partial charge in [-0.25, -0.2) is 17.9 Å². The summed E-state index contributed by atoms with van der Waals surface area (Å²) in [6.45, 7) is 10.9. The second-order valence-electron chi connectivity index (χ2n) is 10.4. The van der Waals surface area contributed by atoms with Gasteiger partial charge in [-0.15, -0.1) is 0 Å². The zero-order valence-corrected chi connectivity index (χ0v) is 20.5. The molecule has 0 aromatic heterocycles. The predicted octanol–water partition coefficient (Wildman–Crippen LogP) is 4.94. The first-order valence-electron chi connectivity index (χ1n) is 11.7. The molecule has 2 aliphatic rings. The third-order valence-corrected chi connectivity index (χ3v) is 9.46. The number of amides is 2. The Morgan fingerprint density at radius 3 is 2.19 bits per heavy atom. The average molecular weight is 450 g/mol. The largest absolute Gasteiger partial charge is 0.324 e. The van der Waals surface area contributed by atoms with Gasteiger partial charge in [-0.2, -0.15) is 0 Å². The molecule has 1 aliphatic heterocycles. The molecule has 3 unspecified atom stereocenters. The van der Waals surface area contributed by atoms with Crippen LogP contribution in [-0.4, -0.2) is 43.2 Å². The van der Waals surface area contributed by atoms with Crippen LogP contribution in [0.3, 0.4) is 0 Å². The molecule has 0 radical (unpaired) electrons. The number of piperidine rings is 1. The van der Waals surface area contributed by atoms with E-state index in [0.29, 0.717) is 37.8 Å². The highest BCUT2D eigenvalue weighted by atomic mass is 32.2. The summed E-state index contributed by atoms with van der Waals surface area (Å²) in [4.78, 5) is 14.4. The van der Waals surface area contributed by atoms with E-state index in [0.717, 1.165) is 11.6 Å². The highest BCUT2D eigenvalue weighted by molar-refractivity contribution is 7.90. The van der Waals surface area contributed by atoms with E-state index in [-0.39, 0.29) is 12.1 Å². The van der Waals surface area contributed by atoms with E-state index in [1.54, 1.807) is 25.7 Å². The van der Waals surface area contributed by atoms with Gasteiger partial charge < -0.3 is 10.2 Å². The summed E-state index contributed by atoms with van der Waals surface area (Å²) >= 11 is 0. The van der Waals surface area contributed by atoms with Crippen molar-refractivity contribution < 1.29 is 13.2 Å². The first kappa shape index (κ1) is 24.1. The summed E-state index contributed by atoms with van der Waals surface area (Å²) in [6.07, 6.45) is 5.10. The molecule has 31 heavy (non-hydrogen) atoms. The van der Waals surface area contributed by atoms with Gasteiger partial charge in [-0.1, -0.05) is 38.8 Å². The fraction of sp³-hybridized carbons (Fsp3) is 0.708. The van der Waals surface area contributed by atoms with Gasteiger partial charge in [0.25, 0.3) is 0 Å². The normalized spacial score (nSPS) is 26.0. The lowest BCUT2D eigenvalue weighted by atomic mass is 9.71. The number of carbonyl (C=O) groups is 1. The number of nitrogens with one attached hydrogen (secondary N) is 2. The highest BCUT2D eigenvalue weighted by Crippen LogP contribution is 2.41. The number of sulfonamides is 1. The zero-order chi connectivity index (χ0) is 22.8. The van der Waals surface area contributed by atoms with Crippen LogP contribution in [0.2, 0.25) is 0 Å². The monoisotopic (exact) mass is 449 g/mol. The molecule has 1 heterocycles. The van der Waals surface area contributed by atoms with E-state index in [1.165, 1.54) is 24.8 Å². The molecule has 2 N–H and O–H groups in total. The first-order chi connectivity index (χ1) is 14.5. The molecule has 0 spiro atoms. The minimum absolute atomic E-state index is 0.118. The Kier molecular flexibility index (Phi) is 7.36. The number of urea groups is 1. The van der Waals surface area contributed by atoms with E-state index in [4.69, 9.17) is 0 Å². The van der Waals surface area contributed by atoms with Gasteiger partial charge in [0.1, 0.15) is 0 Å². The van der Waals surface area contributed by atoms with Gasteiger partial charge >= 0.3 is 6.03 Å². The molecule has 6 nitrogen and oxygen atoms in total. The molecule has 1 aromatic rings. The van der Waals surface area contributed by atoms with Crippen LogP contribution in [0, 0.1) is 11.8 Å². The van der Waals surface area contributed by atoms with Crippen molar-refractivity contribution in [2.45, 2.75) is 83.4 Å². The van der Waals surface area contributed by atoms with Crippen molar-refractivity contribution >= 4 is 21.7 Å². The standard InChI is InChI=1S/C24H39N3O3S/c1-17-7-6-8-22(18(17)2)19-9-11-20(12-10-19)25-23(28)27-15-13-21(14-16-27)26-31(29,30)24(3,4)5/h9-12,17-18,21-22,26H,6-8,13-16H2,1-5H3,(H,25,28). The van der Waals surface area contributed by atoms with Crippen molar-refractivity contribution in [3.63, 3.8) is 0 Å². The minimum Gasteiger partial charge on any atom is -0.324 e. The molecule has 1 aromatic carbocycles. The van der Waals surface area contributed by atoms with Crippen molar-refractivity contribution in [3.8, 4) is 0 Å². The van der Waals surface area contributed by atoms with E-state index >= 15 is 0 Å². The average Bonchev–Trinajstić information content (AvgIpc) is 2.70. The lowest BCUT2D eigenvalue weighted by Crippen LogP contribution is -2.50. The van der Waals surface area contributed by atoms with Crippen molar-refractivity contribution in [2.75, 3.05) is 18.4 Å². The molecule has 1 saturated heterocycles. The highest BCUT2D eigenvalue weighted by Gasteiger charge is 2.33. The topological polar surface area (TPSA) is 78.5 Å². The summed E-state index contributed by atoms with van der Waals surface area (Å²) in [5.41, 5.74) is 2.17. The maximum Gasteiger partial charge on any atom is 0.321 e. The van der Waals surface area contributed by atoms with Crippen LogP contribution >= 0.6 is 0 Å². The minimum atomic E-state index is -3.37. The summed E-state index contributed by atoms with van der Waals surface area (Å²) in [5, 5.41) is 3.00. The lowest BCUT2D eigenvalue weighted by Gasteiger charge is -2.34. The second kappa shape index (κ2) is 9.49. The van der Waals surface area contributed by atoms with Crippen molar-refractivity contribution in [1.29, 1.82) is 0 Å². The number of rotatable bonds is 4. The molecule has 2 fully saturated rings. The summed E-state index contributed by atoms with van der Waals surface area (Å²) in [5.74, 6) is 2.05. The zero-order valence-electron chi connectivity index (χ0n) is 19.6. The van der Waals surface area contributed by atoms with Gasteiger partial charge in [0.05, 0.1) is 4.75 Å². The van der Waals surface area contributed by atoms with Crippen molar-refractivity contribution in [2.24, 2.45) is 11.8 Å². The molecule has 0 bridgehead atoms. The molecule has 2 amide bonds. The Labute approximate surface area is 188 Å². The van der Waals surface area contributed by atoms with Crippen molar-refractivity contribution in [3.05, 3.63) is 29.8 Å². The fourth-order valence-electron chi connectivity index (χ4n) is 4.67. The van der Waals surface area contributed by atoms with Crippen LogP contribution in [0.25, 0.3) is 0 Å². The second-order valence-corrected chi connectivity index (χ2v) is 12.9. The van der Waals surface area contributed by atoms with Crippen LogP contribution in [0.15, 0.2) is 24.3 Å². The number of anilines is 1. The van der Waals surface area contributed by atoms with E-state index in [1.807, 2.05) is 12.1 Å². The number of benzene rings is 1. The SMILES string of the molecule is CC1CCCC(c2ccc(NC(=O)N3CCC(NS(=O)(=O)C(C)(C)C)CC3)cc2)C1C. The van der Waals surface area contributed by atoms with Gasteiger partial charge in [0.15, 0.2) is 0 Å². The molecule has 3 rings (SSSR count). The van der Waals surface area contributed by atoms with Crippen LogP contribution in [-0.2, 0) is 10.0 Å². The van der Waals surface area contributed by atoms with Crippen LogP contribution in [0.1, 0.15) is 78.2 Å². The summed E-state index contributed by atoms with van der Waals surface area (Å²) < 4.78 is 26.7. The molecule has 174 valence electrons. The number of likely N-dealkylation sites (tertiary alicyclic amines) is 1. The van der Waals surface area contributed by atoms with Gasteiger partial charge in [0, 0.05) is 24.8 Å². The third-order valence-electron chi connectivity index (χ3n) is 7.21. The maximum atomic E-state index is 12.7. The van der Waals surface area contributed by atoms with Crippen molar-refractivity contribution in [1.82, 2.24) is 9.62 Å². The molecular weight excluding hydrogens is 410 g/mol. The Morgan fingerprint density at radius 2 is 1.61 bits per heavy atom. The summed E-state index contributed by atoms with van der Waals surface area (Å²) in [6, 6.07) is 8.08.